The molecule has 0 atom stereocenters. The highest BCUT2D eigenvalue weighted by molar-refractivity contribution is 7.92. The predicted octanol–water partition coefficient (Wildman–Crippen LogP) is 1.96. The van der Waals surface area contributed by atoms with E-state index in [1.54, 1.807) is 25.3 Å². The van der Waals surface area contributed by atoms with E-state index >= 15 is 0 Å². The first-order valence-electron chi connectivity index (χ1n) is 7.62. The Labute approximate surface area is 147 Å². The van der Waals surface area contributed by atoms with Crippen LogP contribution in [0, 0.1) is 13.8 Å². The van der Waals surface area contributed by atoms with Gasteiger partial charge in [-0.1, -0.05) is 0 Å². The maximum Gasteiger partial charge on any atom is 0.266 e. The molecule has 25 heavy (non-hydrogen) atoms. The average Bonchev–Trinajstić information content (AvgIpc) is 2.58. The molecule has 2 rings (SSSR count). The van der Waals surface area contributed by atoms with E-state index in [1.165, 1.54) is 13.2 Å². The van der Waals surface area contributed by atoms with Crippen molar-refractivity contribution in [3.05, 3.63) is 35.4 Å². The van der Waals surface area contributed by atoms with Crippen molar-refractivity contribution in [1.82, 2.24) is 10.2 Å². The molecule has 0 bridgehead atoms. The third-order valence-electron chi connectivity index (χ3n) is 3.59. The molecule has 9 heteroatoms. The second kappa shape index (κ2) is 8.13. The first kappa shape index (κ1) is 18.9. The van der Waals surface area contributed by atoms with E-state index in [-0.39, 0.29) is 16.5 Å². The van der Waals surface area contributed by atoms with Gasteiger partial charge in [0, 0.05) is 13.7 Å². The normalized spacial score (nSPS) is 11.2. The zero-order valence-corrected chi connectivity index (χ0v) is 15.5. The number of rotatable bonds is 8. The summed E-state index contributed by atoms with van der Waals surface area (Å²) in [6, 6.07) is 6.44. The van der Waals surface area contributed by atoms with E-state index in [0.29, 0.717) is 19.0 Å². The molecule has 2 N–H and O–H groups in total. The van der Waals surface area contributed by atoms with Crippen molar-refractivity contribution in [1.29, 1.82) is 0 Å². The van der Waals surface area contributed by atoms with Crippen molar-refractivity contribution in [2.24, 2.45) is 0 Å². The molecular weight excluding hydrogens is 344 g/mol. The molecule has 8 nitrogen and oxygen atoms in total. The fourth-order valence-corrected chi connectivity index (χ4v) is 3.32. The Kier molecular flexibility index (Phi) is 6.16. The first-order valence-corrected chi connectivity index (χ1v) is 9.10. The zero-order valence-electron chi connectivity index (χ0n) is 14.7. The van der Waals surface area contributed by atoms with Crippen LogP contribution in [-0.2, 0) is 14.8 Å². The van der Waals surface area contributed by atoms with Crippen LogP contribution < -0.4 is 14.8 Å². The lowest BCUT2D eigenvalue weighted by Gasteiger charge is -2.13. The third kappa shape index (κ3) is 4.80. The summed E-state index contributed by atoms with van der Waals surface area (Å²) in [6.07, 6.45) is 0. The number of anilines is 2. The van der Waals surface area contributed by atoms with Gasteiger partial charge in [0.1, 0.15) is 16.5 Å². The van der Waals surface area contributed by atoms with Gasteiger partial charge >= 0.3 is 0 Å². The monoisotopic (exact) mass is 366 g/mol. The molecule has 0 spiro atoms. The van der Waals surface area contributed by atoms with Crippen LogP contribution in [-0.4, -0.2) is 46.0 Å². The predicted molar refractivity (Wildman–Crippen MR) is 95.7 cm³/mol. The number of hydrogen-bond acceptors (Lipinski definition) is 7. The Bertz CT molecular complexity index is 823. The summed E-state index contributed by atoms with van der Waals surface area (Å²) >= 11 is 0. The van der Waals surface area contributed by atoms with Crippen molar-refractivity contribution >= 4 is 21.7 Å². The van der Waals surface area contributed by atoms with Crippen molar-refractivity contribution in [3.63, 3.8) is 0 Å². The maximum atomic E-state index is 12.6. The molecule has 1 aromatic carbocycles. The van der Waals surface area contributed by atoms with Crippen LogP contribution in [0.25, 0.3) is 0 Å². The average molecular weight is 366 g/mol. The Morgan fingerprint density at radius 2 is 1.68 bits per heavy atom. The molecule has 1 aromatic heterocycles. The molecule has 0 saturated heterocycles. The molecule has 0 aliphatic rings. The third-order valence-corrected chi connectivity index (χ3v) is 4.96. The summed E-state index contributed by atoms with van der Waals surface area (Å²) < 4.78 is 37.8. The summed E-state index contributed by atoms with van der Waals surface area (Å²) in [5, 5.41) is 10.8. The SMILES string of the molecule is COCCNc1ccc(NS(=O)(=O)c2cc(C)c(C)cc2OC)nn1. The number of nitrogens with one attached hydrogen (secondary N) is 2. The number of ether oxygens (including phenoxy) is 2. The van der Waals surface area contributed by atoms with Crippen LogP contribution in [0.4, 0.5) is 11.6 Å². The molecule has 0 aliphatic carbocycles. The Morgan fingerprint density at radius 3 is 2.28 bits per heavy atom. The van der Waals surface area contributed by atoms with Crippen molar-refractivity contribution < 1.29 is 17.9 Å². The minimum absolute atomic E-state index is 0.0576. The van der Waals surface area contributed by atoms with E-state index in [9.17, 15) is 8.42 Å². The molecule has 136 valence electrons. The molecule has 1 heterocycles. The van der Waals surface area contributed by atoms with Gasteiger partial charge in [-0.3, -0.25) is 4.72 Å². The minimum Gasteiger partial charge on any atom is -0.495 e. The van der Waals surface area contributed by atoms with Gasteiger partial charge < -0.3 is 14.8 Å². The van der Waals surface area contributed by atoms with E-state index in [1.807, 2.05) is 13.8 Å². The minimum atomic E-state index is -3.85. The van der Waals surface area contributed by atoms with Crippen molar-refractivity contribution in [3.8, 4) is 5.75 Å². The highest BCUT2D eigenvalue weighted by Crippen LogP contribution is 2.28. The number of hydrogen-bond donors (Lipinski definition) is 2. The molecule has 0 amide bonds. The lowest BCUT2D eigenvalue weighted by atomic mass is 10.1. The van der Waals surface area contributed by atoms with E-state index < -0.39 is 10.0 Å². The summed E-state index contributed by atoms with van der Waals surface area (Å²) in [5.41, 5.74) is 1.80. The molecular formula is C16H22N4O4S. The fourth-order valence-electron chi connectivity index (χ4n) is 2.09. The van der Waals surface area contributed by atoms with Gasteiger partial charge in [0.2, 0.25) is 0 Å². The van der Waals surface area contributed by atoms with Gasteiger partial charge in [-0.15, -0.1) is 10.2 Å². The van der Waals surface area contributed by atoms with E-state index in [4.69, 9.17) is 9.47 Å². The van der Waals surface area contributed by atoms with Crippen LogP contribution in [0.2, 0.25) is 0 Å². The molecule has 0 saturated carbocycles. The molecule has 0 radical (unpaired) electrons. The number of benzene rings is 1. The largest absolute Gasteiger partial charge is 0.495 e. The number of aryl methyl sites for hydroxylation is 2. The smallest absolute Gasteiger partial charge is 0.266 e. The lowest BCUT2D eigenvalue weighted by Crippen LogP contribution is -2.16. The standard InChI is InChI=1S/C16H22N4O4S/c1-11-9-13(24-4)14(10-12(11)2)25(21,22)20-16-6-5-15(18-19-16)17-7-8-23-3/h5-6,9-10H,7-8H2,1-4H3,(H,17,18)(H,19,20). The number of sulfonamides is 1. The second-order valence-electron chi connectivity index (χ2n) is 5.42. The van der Waals surface area contributed by atoms with Crippen molar-refractivity contribution in [2.75, 3.05) is 37.4 Å². The quantitative estimate of drug-likeness (QED) is 0.689. The maximum absolute atomic E-state index is 12.6. The van der Waals surface area contributed by atoms with Crippen LogP contribution in [0.15, 0.2) is 29.2 Å². The molecule has 0 aliphatic heterocycles. The van der Waals surface area contributed by atoms with Gasteiger partial charge in [0.25, 0.3) is 10.0 Å². The highest BCUT2D eigenvalue weighted by Gasteiger charge is 2.21. The summed E-state index contributed by atoms with van der Waals surface area (Å²) in [5.74, 6) is 0.933. The number of aromatic nitrogens is 2. The Hall–Kier alpha value is -2.39. The summed E-state index contributed by atoms with van der Waals surface area (Å²) in [6.45, 7) is 4.84. The highest BCUT2D eigenvalue weighted by atomic mass is 32.2. The lowest BCUT2D eigenvalue weighted by molar-refractivity contribution is 0.210. The molecule has 0 fully saturated rings. The number of nitrogens with zero attached hydrogens (tertiary/aromatic N) is 2. The van der Waals surface area contributed by atoms with E-state index in [2.05, 4.69) is 20.2 Å². The summed E-state index contributed by atoms with van der Waals surface area (Å²) in [7, 11) is -0.810. The van der Waals surface area contributed by atoms with Gasteiger partial charge in [-0.2, -0.15) is 0 Å². The Balaban J connectivity index is 2.20. The van der Waals surface area contributed by atoms with Crippen LogP contribution in [0.5, 0.6) is 5.75 Å². The zero-order chi connectivity index (χ0) is 18.4. The van der Waals surface area contributed by atoms with Gasteiger partial charge in [-0.05, 0) is 49.2 Å². The number of methoxy groups -OCH3 is 2. The van der Waals surface area contributed by atoms with Gasteiger partial charge in [-0.25, -0.2) is 8.42 Å². The van der Waals surface area contributed by atoms with Crippen LogP contribution in [0.1, 0.15) is 11.1 Å². The fraction of sp³-hybridized carbons (Fsp3) is 0.375. The van der Waals surface area contributed by atoms with Crippen LogP contribution >= 0.6 is 0 Å². The van der Waals surface area contributed by atoms with Gasteiger partial charge in [0.05, 0.1) is 13.7 Å². The molecule has 2 aromatic rings. The van der Waals surface area contributed by atoms with E-state index in [0.717, 1.165) is 11.1 Å². The van der Waals surface area contributed by atoms with Crippen LogP contribution in [0.3, 0.4) is 0 Å². The first-order chi connectivity index (χ1) is 11.9. The molecule has 0 unspecified atom stereocenters. The summed E-state index contributed by atoms with van der Waals surface area (Å²) in [4.78, 5) is 0.0576. The van der Waals surface area contributed by atoms with Gasteiger partial charge in [0.15, 0.2) is 5.82 Å². The Morgan fingerprint density at radius 1 is 1.04 bits per heavy atom. The second-order valence-corrected chi connectivity index (χ2v) is 7.07. The topological polar surface area (TPSA) is 102 Å². The van der Waals surface area contributed by atoms with Crippen molar-refractivity contribution in [2.45, 2.75) is 18.7 Å².